The van der Waals surface area contributed by atoms with E-state index in [9.17, 15) is 0 Å². The second-order valence-electron chi connectivity index (χ2n) is 9.34. The predicted octanol–water partition coefficient (Wildman–Crippen LogP) is 6.68. The summed E-state index contributed by atoms with van der Waals surface area (Å²) >= 11 is 6.59. The Hall–Kier alpha value is -3.12. The zero-order chi connectivity index (χ0) is 23.6. The minimum absolute atomic E-state index is 0.640. The van der Waals surface area contributed by atoms with Crippen LogP contribution in [0.5, 0.6) is 0 Å². The van der Waals surface area contributed by atoms with E-state index in [4.69, 9.17) is 16.3 Å². The zero-order valence-corrected chi connectivity index (χ0v) is 20.4. The molecule has 0 saturated carbocycles. The van der Waals surface area contributed by atoms with Crippen LogP contribution in [0.25, 0.3) is 22.6 Å². The first-order chi connectivity index (χ1) is 17.2. The topological polar surface area (TPSA) is 53.2 Å². The maximum atomic E-state index is 6.59. The molecule has 3 aromatic carbocycles. The van der Waals surface area contributed by atoms with Crippen molar-refractivity contribution >= 4 is 23.0 Å². The first kappa shape index (κ1) is 22.4. The molecular formula is C29H29ClN4O. The molecule has 2 aliphatic heterocycles. The third kappa shape index (κ3) is 4.72. The van der Waals surface area contributed by atoms with Gasteiger partial charge in [-0.2, -0.15) is 0 Å². The van der Waals surface area contributed by atoms with Crippen molar-refractivity contribution in [1.82, 2.24) is 14.9 Å². The molecule has 0 radical (unpaired) electrons. The number of fused-ring (bicyclic) bond motifs is 1. The molecule has 3 heterocycles. The van der Waals surface area contributed by atoms with Crippen molar-refractivity contribution in [3.8, 4) is 22.6 Å². The van der Waals surface area contributed by atoms with Crippen molar-refractivity contribution in [3.63, 3.8) is 0 Å². The van der Waals surface area contributed by atoms with Crippen molar-refractivity contribution in [3.05, 3.63) is 89.1 Å². The normalized spacial score (nSPS) is 16.7. The number of hydrogen-bond donors (Lipinski definition) is 2. The average Bonchev–Trinajstić information content (AvgIpc) is 3.41. The molecule has 2 N–H and O–H groups in total. The number of nitrogens with zero attached hydrogens (tertiary/aromatic N) is 2. The molecule has 0 spiro atoms. The number of imidazole rings is 1. The van der Waals surface area contributed by atoms with E-state index in [0.717, 1.165) is 73.9 Å². The molecule has 0 aliphatic carbocycles. The highest BCUT2D eigenvalue weighted by atomic mass is 35.5. The molecule has 0 bridgehead atoms. The van der Waals surface area contributed by atoms with Gasteiger partial charge in [0, 0.05) is 49.3 Å². The van der Waals surface area contributed by atoms with Gasteiger partial charge in [-0.15, -0.1) is 0 Å². The number of halogens is 1. The molecule has 1 fully saturated rings. The van der Waals surface area contributed by atoms with Gasteiger partial charge in [0.1, 0.15) is 5.82 Å². The third-order valence-electron chi connectivity index (χ3n) is 7.16. The number of hydrogen-bond acceptors (Lipinski definition) is 4. The fraction of sp³-hybridized carbons (Fsp3) is 0.276. The third-order valence-corrected chi connectivity index (χ3v) is 7.49. The fourth-order valence-corrected chi connectivity index (χ4v) is 5.48. The van der Waals surface area contributed by atoms with E-state index in [1.54, 1.807) is 0 Å². The van der Waals surface area contributed by atoms with Crippen molar-refractivity contribution in [2.24, 2.45) is 0 Å². The summed E-state index contributed by atoms with van der Waals surface area (Å²) in [6.07, 6.45) is 5.19. The van der Waals surface area contributed by atoms with Crippen LogP contribution in [0, 0.1) is 0 Å². The lowest BCUT2D eigenvalue weighted by molar-refractivity contribution is 0.0291. The highest BCUT2D eigenvalue weighted by molar-refractivity contribution is 6.33. The van der Waals surface area contributed by atoms with Crippen molar-refractivity contribution in [1.29, 1.82) is 0 Å². The summed E-state index contributed by atoms with van der Waals surface area (Å²) < 4.78 is 5.57. The zero-order valence-electron chi connectivity index (χ0n) is 19.6. The van der Waals surface area contributed by atoms with Crippen LogP contribution in [0.4, 0.5) is 11.4 Å². The lowest BCUT2D eigenvalue weighted by Crippen LogP contribution is -2.42. The fourth-order valence-electron chi connectivity index (χ4n) is 5.27. The molecule has 1 aromatic heterocycles. The average molecular weight is 485 g/mol. The minimum Gasteiger partial charge on any atom is -0.381 e. The van der Waals surface area contributed by atoms with E-state index in [-0.39, 0.29) is 0 Å². The van der Waals surface area contributed by atoms with E-state index in [2.05, 4.69) is 56.6 Å². The molecule has 0 unspecified atom stereocenters. The Bertz CT molecular complexity index is 1310. The summed E-state index contributed by atoms with van der Waals surface area (Å²) in [6.45, 7) is 3.88. The molecule has 6 rings (SSSR count). The quantitative estimate of drug-likeness (QED) is 0.332. The number of H-pyrrole nitrogens is 1. The highest BCUT2D eigenvalue weighted by Crippen LogP contribution is 2.34. The summed E-state index contributed by atoms with van der Waals surface area (Å²) in [6, 6.07) is 23.5. The summed E-state index contributed by atoms with van der Waals surface area (Å²) in [5.41, 5.74) is 7.96. The Balaban J connectivity index is 1.23. The lowest BCUT2D eigenvalue weighted by Gasteiger charge is -2.38. The molecule has 6 heteroatoms. The van der Waals surface area contributed by atoms with Crippen LogP contribution in [0.15, 0.2) is 72.9 Å². The molecule has 35 heavy (non-hydrogen) atoms. The van der Waals surface area contributed by atoms with Gasteiger partial charge in [-0.05, 0) is 60.2 Å². The Morgan fingerprint density at radius 3 is 2.71 bits per heavy atom. The van der Waals surface area contributed by atoms with Crippen LogP contribution in [0.3, 0.4) is 0 Å². The number of nitrogens with one attached hydrogen (secondary N) is 2. The number of aromatic nitrogens is 2. The second kappa shape index (κ2) is 9.86. The summed E-state index contributed by atoms with van der Waals surface area (Å²) in [4.78, 5) is 10.7. The van der Waals surface area contributed by atoms with E-state index < -0.39 is 0 Å². The summed E-state index contributed by atoms with van der Waals surface area (Å²) in [5, 5.41) is 4.34. The van der Waals surface area contributed by atoms with Gasteiger partial charge in [-0.25, -0.2) is 4.98 Å². The number of ether oxygens (including phenoxy) is 1. The van der Waals surface area contributed by atoms with Crippen molar-refractivity contribution in [2.75, 3.05) is 25.1 Å². The van der Waals surface area contributed by atoms with Crippen LogP contribution in [-0.4, -0.2) is 40.7 Å². The minimum atomic E-state index is 0.640. The van der Waals surface area contributed by atoms with Gasteiger partial charge in [0.05, 0.1) is 16.9 Å². The second-order valence-corrected chi connectivity index (χ2v) is 9.75. The summed E-state index contributed by atoms with van der Waals surface area (Å²) in [7, 11) is 0. The van der Waals surface area contributed by atoms with Gasteiger partial charge >= 0.3 is 0 Å². The van der Waals surface area contributed by atoms with Gasteiger partial charge < -0.3 is 15.0 Å². The van der Waals surface area contributed by atoms with E-state index in [1.807, 2.05) is 36.5 Å². The molecule has 0 amide bonds. The van der Waals surface area contributed by atoms with Crippen LogP contribution >= 0.6 is 11.6 Å². The van der Waals surface area contributed by atoms with Gasteiger partial charge in [-0.3, -0.25) is 4.90 Å². The Kier molecular flexibility index (Phi) is 6.30. The SMILES string of the molecule is Clc1ccc(Nc2cccc3c2CCN(C2CCOCC2)C3)cc1-c1ncc(-c2ccccc2)[nH]1. The number of rotatable bonds is 5. The first-order valence-corrected chi connectivity index (χ1v) is 12.7. The van der Waals surface area contributed by atoms with Gasteiger partial charge in [0.15, 0.2) is 0 Å². The van der Waals surface area contributed by atoms with Gasteiger partial charge in [0.25, 0.3) is 0 Å². The van der Waals surface area contributed by atoms with Gasteiger partial charge in [-0.1, -0.05) is 54.1 Å². The smallest absolute Gasteiger partial charge is 0.139 e. The molecular weight excluding hydrogens is 456 g/mol. The van der Waals surface area contributed by atoms with E-state index >= 15 is 0 Å². The Labute approximate surface area is 211 Å². The maximum Gasteiger partial charge on any atom is 0.139 e. The Morgan fingerprint density at radius 2 is 1.86 bits per heavy atom. The first-order valence-electron chi connectivity index (χ1n) is 12.3. The highest BCUT2D eigenvalue weighted by Gasteiger charge is 2.26. The molecule has 2 aliphatic rings. The molecule has 5 nitrogen and oxygen atoms in total. The lowest BCUT2D eigenvalue weighted by atomic mass is 9.95. The standard InChI is InChI=1S/C29H29ClN4O/c30-26-10-9-22(17-25(26)29-31-18-28(33-29)20-5-2-1-3-6-20)32-27-8-4-7-21-19-34(14-11-24(21)27)23-12-15-35-16-13-23/h1-10,17-18,23,32H,11-16,19H2,(H,31,33). The van der Waals surface area contributed by atoms with Crippen molar-refractivity contribution < 1.29 is 4.74 Å². The van der Waals surface area contributed by atoms with Crippen LogP contribution in [0.1, 0.15) is 24.0 Å². The van der Waals surface area contributed by atoms with E-state index in [1.165, 1.54) is 16.8 Å². The molecule has 4 aromatic rings. The molecule has 0 atom stereocenters. The largest absolute Gasteiger partial charge is 0.381 e. The monoisotopic (exact) mass is 484 g/mol. The van der Waals surface area contributed by atoms with Crippen LogP contribution in [-0.2, 0) is 17.7 Å². The number of anilines is 2. The van der Waals surface area contributed by atoms with Crippen molar-refractivity contribution in [2.45, 2.75) is 31.8 Å². The summed E-state index contributed by atoms with van der Waals surface area (Å²) in [5.74, 6) is 0.764. The van der Waals surface area contributed by atoms with Crippen LogP contribution in [0.2, 0.25) is 5.02 Å². The molecule has 178 valence electrons. The molecule has 1 saturated heterocycles. The maximum absolute atomic E-state index is 6.59. The number of benzene rings is 3. The van der Waals surface area contributed by atoms with Crippen LogP contribution < -0.4 is 5.32 Å². The van der Waals surface area contributed by atoms with E-state index in [0.29, 0.717) is 11.1 Å². The number of aromatic amines is 1. The predicted molar refractivity (Wildman–Crippen MR) is 142 cm³/mol. The van der Waals surface area contributed by atoms with Gasteiger partial charge in [0.2, 0.25) is 0 Å². The Morgan fingerprint density at radius 1 is 1.00 bits per heavy atom.